The van der Waals surface area contributed by atoms with Gasteiger partial charge in [0.2, 0.25) is 10.0 Å². The number of nitrogens with zero attached hydrogens (tertiary/aromatic N) is 2. The maximum Gasteiger partial charge on any atom is 0.248 e. The predicted octanol–water partition coefficient (Wildman–Crippen LogP) is 0.803. The van der Waals surface area contributed by atoms with Crippen LogP contribution < -0.4 is 5.73 Å². The van der Waals surface area contributed by atoms with Crippen molar-refractivity contribution in [1.29, 1.82) is 0 Å². The molecule has 0 unspecified atom stereocenters. The van der Waals surface area contributed by atoms with E-state index in [0.29, 0.717) is 13.1 Å². The van der Waals surface area contributed by atoms with Crippen LogP contribution in [-0.2, 0) is 10.0 Å². The SMILES string of the molecule is CCCN(CCC)S(=O)(=O)c1cn[nH]c1N. The van der Waals surface area contributed by atoms with E-state index >= 15 is 0 Å². The minimum atomic E-state index is -3.50. The molecule has 0 saturated heterocycles. The van der Waals surface area contributed by atoms with Crippen LogP contribution in [0.4, 0.5) is 5.82 Å². The smallest absolute Gasteiger partial charge is 0.248 e. The number of aromatic nitrogens is 2. The van der Waals surface area contributed by atoms with Crippen LogP contribution in [0.15, 0.2) is 11.1 Å². The molecule has 0 aromatic carbocycles. The zero-order chi connectivity index (χ0) is 12.2. The first-order valence-electron chi connectivity index (χ1n) is 5.33. The lowest BCUT2D eigenvalue weighted by atomic mass is 10.4. The summed E-state index contributed by atoms with van der Waals surface area (Å²) < 4.78 is 25.8. The van der Waals surface area contributed by atoms with Crippen molar-refractivity contribution in [1.82, 2.24) is 14.5 Å². The number of H-pyrrole nitrogens is 1. The van der Waals surface area contributed by atoms with Gasteiger partial charge in [-0.1, -0.05) is 13.8 Å². The van der Waals surface area contributed by atoms with Crippen molar-refractivity contribution < 1.29 is 8.42 Å². The summed E-state index contributed by atoms with van der Waals surface area (Å²) in [6, 6.07) is 0. The van der Waals surface area contributed by atoms with Crippen molar-refractivity contribution in [3.8, 4) is 0 Å². The summed E-state index contributed by atoms with van der Waals surface area (Å²) in [5.74, 6) is 0.0946. The largest absolute Gasteiger partial charge is 0.383 e. The van der Waals surface area contributed by atoms with Crippen molar-refractivity contribution >= 4 is 15.8 Å². The Morgan fingerprint density at radius 3 is 2.31 bits per heavy atom. The highest BCUT2D eigenvalue weighted by Crippen LogP contribution is 2.20. The Bertz CT molecular complexity index is 420. The Kier molecular flexibility index (Phi) is 4.31. The molecule has 1 aromatic heterocycles. The Morgan fingerprint density at radius 2 is 1.94 bits per heavy atom. The van der Waals surface area contributed by atoms with E-state index in [1.165, 1.54) is 10.5 Å². The summed E-state index contributed by atoms with van der Waals surface area (Å²) in [7, 11) is -3.50. The summed E-state index contributed by atoms with van der Waals surface area (Å²) >= 11 is 0. The molecule has 1 heterocycles. The van der Waals surface area contributed by atoms with Gasteiger partial charge in [0.05, 0.1) is 6.20 Å². The molecule has 0 spiro atoms. The standard InChI is InChI=1S/C9H18N4O2S/c1-3-5-13(6-4-2)16(14,15)8-7-11-12-9(8)10/h7H,3-6H2,1-2H3,(H3,10,11,12). The van der Waals surface area contributed by atoms with E-state index in [9.17, 15) is 8.42 Å². The van der Waals surface area contributed by atoms with Gasteiger partial charge in [0, 0.05) is 13.1 Å². The summed E-state index contributed by atoms with van der Waals surface area (Å²) in [5.41, 5.74) is 5.53. The molecule has 0 saturated carbocycles. The van der Waals surface area contributed by atoms with Gasteiger partial charge in [-0.25, -0.2) is 8.42 Å². The Hall–Kier alpha value is -1.08. The summed E-state index contributed by atoms with van der Waals surface area (Å²) in [5, 5.41) is 6.07. The molecule has 3 N–H and O–H groups in total. The highest BCUT2D eigenvalue weighted by molar-refractivity contribution is 7.89. The van der Waals surface area contributed by atoms with Gasteiger partial charge in [-0.2, -0.15) is 9.40 Å². The van der Waals surface area contributed by atoms with Gasteiger partial charge in [-0.15, -0.1) is 0 Å². The van der Waals surface area contributed by atoms with Crippen LogP contribution in [0.3, 0.4) is 0 Å². The number of hydrogen-bond acceptors (Lipinski definition) is 4. The van der Waals surface area contributed by atoms with Crippen molar-refractivity contribution in [3.63, 3.8) is 0 Å². The van der Waals surface area contributed by atoms with E-state index in [4.69, 9.17) is 5.73 Å². The molecule has 6 nitrogen and oxygen atoms in total. The van der Waals surface area contributed by atoms with E-state index < -0.39 is 10.0 Å². The van der Waals surface area contributed by atoms with E-state index in [1.807, 2.05) is 13.8 Å². The van der Waals surface area contributed by atoms with E-state index in [1.54, 1.807) is 0 Å². The maximum absolute atomic E-state index is 12.2. The average molecular weight is 246 g/mol. The van der Waals surface area contributed by atoms with Gasteiger partial charge >= 0.3 is 0 Å². The predicted molar refractivity (Wildman–Crippen MR) is 62.3 cm³/mol. The number of aromatic amines is 1. The van der Waals surface area contributed by atoms with Gasteiger partial charge in [0.1, 0.15) is 10.7 Å². The van der Waals surface area contributed by atoms with Crippen molar-refractivity contribution in [3.05, 3.63) is 6.20 Å². The summed E-state index contributed by atoms with van der Waals surface area (Å²) in [4.78, 5) is 0.0643. The molecule has 16 heavy (non-hydrogen) atoms. The minimum absolute atomic E-state index is 0.0643. The van der Waals surface area contributed by atoms with Crippen molar-refractivity contribution in [2.75, 3.05) is 18.8 Å². The molecule has 0 aliphatic heterocycles. The topological polar surface area (TPSA) is 92.1 Å². The first-order valence-corrected chi connectivity index (χ1v) is 6.77. The van der Waals surface area contributed by atoms with Crippen LogP contribution in [0.25, 0.3) is 0 Å². The Morgan fingerprint density at radius 1 is 1.38 bits per heavy atom. The number of nitrogens with two attached hydrogens (primary N) is 1. The molecule has 0 aliphatic carbocycles. The highest BCUT2D eigenvalue weighted by atomic mass is 32.2. The molecular weight excluding hydrogens is 228 g/mol. The Balaban J connectivity index is 3.03. The molecule has 0 bridgehead atoms. The van der Waals surface area contributed by atoms with E-state index in [-0.39, 0.29) is 10.7 Å². The molecule has 0 amide bonds. The molecule has 1 rings (SSSR count). The lowest BCUT2D eigenvalue weighted by Gasteiger charge is -2.20. The third kappa shape index (κ3) is 2.53. The summed E-state index contributed by atoms with van der Waals surface area (Å²) in [6.07, 6.45) is 2.80. The van der Waals surface area contributed by atoms with Crippen molar-refractivity contribution in [2.24, 2.45) is 0 Å². The molecule has 0 aliphatic rings. The first kappa shape index (κ1) is 13.0. The number of hydrogen-bond donors (Lipinski definition) is 2. The van der Waals surface area contributed by atoms with Crippen LogP contribution in [0.1, 0.15) is 26.7 Å². The van der Waals surface area contributed by atoms with Gasteiger partial charge in [0.25, 0.3) is 0 Å². The lowest BCUT2D eigenvalue weighted by molar-refractivity contribution is 0.410. The second-order valence-corrected chi connectivity index (χ2v) is 5.46. The summed E-state index contributed by atoms with van der Waals surface area (Å²) in [6.45, 7) is 4.88. The second kappa shape index (κ2) is 5.31. The normalized spacial score (nSPS) is 12.2. The third-order valence-corrected chi connectivity index (χ3v) is 4.12. The van der Waals surface area contributed by atoms with Crippen LogP contribution in [0.2, 0.25) is 0 Å². The zero-order valence-electron chi connectivity index (χ0n) is 9.60. The van der Waals surface area contributed by atoms with Crippen LogP contribution >= 0.6 is 0 Å². The molecule has 7 heteroatoms. The molecule has 0 fully saturated rings. The first-order chi connectivity index (χ1) is 7.54. The number of rotatable bonds is 6. The van der Waals surface area contributed by atoms with Gasteiger partial charge in [-0.3, -0.25) is 5.10 Å². The molecular formula is C9H18N4O2S. The monoisotopic (exact) mass is 246 g/mol. The number of nitrogens with one attached hydrogen (secondary N) is 1. The van der Waals surface area contributed by atoms with Gasteiger partial charge in [0.15, 0.2) is 0 Å². The zero-order valence-corrected chi connectivity index (χ0v) is 10.4. The number of anilines is 1. The van der Waals surface area contributed by atoms with Crippen LogP contribution in [0, 0.1) is 0 Å². The quantitative estimate of drug-likeness (QED) is 0.776. The van der Waals surface area contributed by atoms with Crippen molar-refractivity contribution in [2.45, 2.75) is 31.6 Å². The fraction of sp³-hybridized carbons (Fsp3) is 0.667. The lowest BCUT2D eigenvalue weighted by Crippen LogP contribution is -2.32. The maximum atomic E-state index is 12.2. The van der Waals surface area contributed by atoms with Crippen LogP contribution in [-0.4, -0.2) is 36.0 Å². The molecule has 0 atom stereocenters. The van der Waals surface area contributed by atoms with Gasteiger partial charge < -0.3 is 5.73 Å². The number of sulfonamides is 1. The Labute approximate surface area is 95.9 Å². The molecule has 0 radical (unpaired) electrons. The van der Waals surface area contributed by atoms with E-state index in [0.717, 1.165) is 12.8 Å². The minimum Gasteiger partial charge on any atom is -0.383 e. The highest BCUT2D eigenvalue weighted by Gasteiger charge is 2.26. The van der Waals surface area contributed by atoms with Crippen LogP contribution in [0.5, 0.6) is 0 Å². The third-order valence-electron chi connectivity index (χ3n) is 2.20. The fourth-order valence-corrected chi connectivity index (χ4v) is 3.11. The average Bonchev–Trinajstić information content (AvgIpc) is 2.65. The second-order valence-electron chi connectivity index (χ2n) is 3.55. The number of nitrogen functional groups attached to an aromatic ring is 1. The fourth-order valence-electron chi connectivity index (χ4n) is 1.48. The molecule has 92 valence electrons. The van der Waals surface area contributed by atoms with E-state index in [2.05, 4.69) is 10.2 Å². The van der Waals surface area contributed by atoms with Gasteiger partial charge in [-0.05, 0) is 12.8 Å². The molecule has 1 aromatic rings.